The van der Waals surface area contributed by atoms with Gasteiger partial charge in [0, 0.05) is 6.42 Å². The molecule has 0 spiro atoms. The van der Waals surface area contributed by atoms with Crippen LogP contribution in [0.4, 0.5) is 0 Å². The number of carbonyl (C=O) groups is 1. The summed E-state index contributed by atoms with van der Waals surface area (Å²) in [5.41, 5.74) is 1.53. The lowest BCUT2D eigenvalue weighted by Crippen LogP contribution is -2.08. The van der Waals surface area contributed by atoms with Crippen LogP contribution in [0, 0.1) is 5.92 Å². The number of cyclic esters (lactones) is 1. The molecule has 1 unspecified atom stereocenters. The van der Waals surface area contributed by atoms with Gasteiger partial charge in [-0.3, -0.25) is 4.79 Å². The number of rotatable bonds is 0. The van der Waals surface area contributed by atoms with Crippen LogP contribution >= 0.6 is 0 Å². The van der Waals surface area contributed by atoms with Gasteiger partial charge in [-0.2, -0.15) is 0 Å². The second-order valence-electron chi connectivity index (χ2n) is 5.66. The molecule has 18 heavy (non-hydrogen) atoms. The third kappa shape index (κ3) is 7.52. The molecule has 0 amide bonds. The van der Waals surface area contributed by atoms with Crippen LogP contribution in [0.25, 0.3) is 0 Å². The number of hydrogen-bond donors (Lipinski definition) is 0. The predicted molar refractivity (Wildman–Crippen MR) is 75.4 cm³/mol. The van der Waals surface area contributed by atoms with Gasteiger partial charge in [0.1, 0.15) is 0 Å². The van der Waals surface area contributed by atoms with Crippen molar-refractivity contribution in [3.63, 3.8) is 0 Å². The summed E-state index contributed by atoms with van der Waals surface area (Å²) in [4.78, 5) is 11.4. The Labute approximate surface area is 112 Å². The van der Waals surface area contributed by atoms with E-state index in [4.69, 9.17) is 4.74 Å². The molecule has 0 saturated carbocycles. The summed E-state index contributed by atoms with van der Waals surface area (Å²) < 4.78 is 5.26. The highest BCUT2D eigenvalue weighted by Crippen LogP contribution is 2.17. The van der Waals surface area contributed by atoms with Crippen LogP contribution in [0.3, 0.4) is 0 Å². The van der Waals surface area contributed by atoms with E-state index in [-0.39, 0.29) is 5.97 Å². The largest absolute Gasteiger partial charge is 0.466 e. The molecular formula is C16H28O2. The summed E-state index contributed by atoms with van der Waals surface area (Å²) in [6.45, 7) is 5.11. The lowest BCUT2D eigenvalue weighted by atomic mass is 9.98. The Morgan fingerprint density at radius 3 is 2.78 bits per heavy atom. The van der Waals surface area contributed by atoms with Crippen LogP contribution in [0.2, 0.25) is 0 Å². The fourth-order valence-corrected chi connectivity index (χ4v) is 2.36. The van der Waals surface area contributed by atoms with Crippen molar-refractivity contribution in [3.05, 3.63) is 11.6 Å². The van der Waals surface area contributed by atoms with E-state index in [2.05, 4.69) is 19.9 Å². The Hall–Kier alpha value is -0.790. The highest BCUT2D eigenvalue weighted by Gasteiger charge is 2.06. The third-order valence-electron chi connectivity index (χ3n) is 3.72. The summed E-state index contributed by atoms with van der Waals surface area (Å²) in [5.74, 6) is 0.652. The first-order valence-electron chi connectivity index (χ1n) is 7.49. The lowest BCUT2D eigenvalue weighted by Gasteiger charge is -2.11. The molecule has 0 N–H and O–H groups in total. The van der Waals surface area contributed by atoms with E-state index in [1.54, 1.807) is 0 Å². The Morgan fingerprint density at radius 1 is 1.11 bits per heavy atom. The molecule has 0 radical (unpaired) electrons. The van der Waals surface area contributed by atoms with E-state index < -0.39 is 0 Å². The molecule has 1 rings (SSSR count). The molecule has 2 heteroatoms. The van der Waals surface area contributed by atoms with Crippen molar-refractivity contribution in [1.29, 1.82) is 0 Å². The van der Waals surface area contributed by atoms with Gasteiger partial charge < -0.3 is 4.74 Å². The zero-order valence-corrected chi connectivity index (χ0v) is 12.0. The average Bonchev–Trinajstić information content (AvgIpc) is 2.33. The van der Waals surface area contributed by atoms with Crippen molar-refractivity contribution in [2.75, 3.05) is 6.61 Å². The summed E-state index contributed by atoms with van der Waals surface area (Å²) >= 11 is 0. The van der Waals surface area contributed by atoms with Crippen molar-refractivity contribution >= 4 is 5.97 Å². The molecule has 0 aliphatic carbocycles. The van der Waals surface area contributed by atoms with Crippen molar-refractivity contribution in [2.45, 2.75) is 71.6 Å². The van der Waals surface area contributed by atoms with Gasteiger partial charge in [0.2, 0.25) is 0 Å². The Kier molecular flexibility index (Phi) is 7.79. The molecule has 0 saturated heterocycles. The van der Waals surface area contributed by atoms with E-state index in [9.17, 15) is 4.79 Å². The van der Waals surface area contributed by atoms with Crippen molar-refractivity contribution in [3.8, 4) is 0 Å². The molecule has 0 fully saturated rings. The van der Waals surface area contributed by atoms with Gasteiger partial charge in [-0.25, -0.2) is 0 Å². The number of carbonyl (C=O) groups excluding carboxylic acids is 1. The second kappa shape index (κ2) is 9.18. The topological polar surface area (TPSA) is 26.3 Å². The SMILES string of the molecule is C/C1=C\CCCCCC(=O)OCCC(C)CCC1. The quantitative estimate of drug-likeness (QED) is 0.464. The van der Waals surface area contributed by atoms with Gasteiger partial charge in [0.05, 0.1) is 6.61 Å². The van der Waals surface area contributed by atoms with E-state index in [1.807, 2.05) is 0 Å². The van der Waals surface area contributed by atoms with Gasteiger partial charge in [0.25, 0.3) is 0 Å². The lowest BCUT2D eigenvalue weighted by molar-refractivity contribution is -0.144. The molecule has 0 bridgehead atoms. The van der Waals surface area contributed by atoms with E-state index in [1.165, 1.54) is 31.3 Å². The Bertz CT molecular complexity index is 268. The number of esters is 1. The average molecular weight is 252 g/mol. The first-order valence-corrected chi connectivity index (χ1v) is 7.49. The number of hydrogen-bond acceptors (Lipinski definition) is 2. The van der Waals surface area contributed by atoms with Crippen LogP contribution < -0.4 is 0 Å². The van der Waals surface area contributed by atoms with Gasteiger partial charge in [-0.1, -0.05) is 31.4 Å². The van der Waals surface area contributed by atoms with Gasteiger partial charge in [-0.05, 0) is 51.4 Å². The highest BCUT2D eigenvalue weighted by molar-refractivity contribution is 5.69. The Morgan fingerprint density at radius 2 is 1.94 bits per heavy atom. The number of ether oxygens (including phenoxy) is 1. The maximum absolute atomic E-state index is 11.4. The molecular weight excluding hydrogens is 224 g/mol. The highest BCUT2D eigenvalue weighted by atomic mass is 16.5. The molecule has 1 aliphatic heterocycles. The fourth-order valence-electron chi connectivity index (χ4n) is 2.36. The minimum absolute atomic E-state index is 0.0104. The molecule has 0 aromatic heterocycles. The smallest absolute Gasteiger partial charge is 0.305 e. The molecule has 104 valence electrons. The monoisotopic (exact) mass is 252 g/mol. The van der Waals surface area contributed by atoms with Crippen LogP contribution in [-0.2, 0) is 9.53 Å². The minimum Gasteiger partial charge on any atom is -0.466 e. The predicted octanol–water partition coefficient (Wildman–Crippen LogP) is 4.64. The van der Waals surface area contributed by atoms with Crippen molar-refractivity contribution in [2.24, 2.45) is 5.92 Å². The maximum Gasteiger partial charge on any atom is 0.305 e. The maximum atomic E-state index is 11.4. The van der Waals surface area contributed by atoms with E-state index in [0.717, 1.165) is 25.7 Å². The molecule has 1 atom stereocenters. The fraction of sp³-hybridized carbons (Fsp3) is 0.812. The van der Waals surface area contributed by atoms with Crippen molar-refractivity contribution in [1.82, 2.24) is 0 Å². The van der Waals surface area contributed by atoms with Crippen LogP contribution in [0.1, 0.15) is 71.6 Å². The number of allylic oxidation sites excluding steroid dienone is 2. The molecule has 1 heterocycles. The molecule has 2 nitrogen and oxygen atoms in total. The van der Waals surface area contributed by atoms with Crippen LogP contribution in [0.5, 0.6) is 0 Å². The van der Waals surface area contributed by atoms with E-state index >= 15 is 0 Å². The summed E-state index contributed by atoms with van der Waals surface area (Å²) in [6.07, 6.45) is 12.2. The van der Waals surface area contributed by atoms with Crippen LogP contribution in [-0.4, -0.2) is 12.6 Å². The van der Waals surface area contributed by atoms with Crippen molar-refractivity contribution < 1.29 is 9.53 Å². The summed E-state index contributed by atoms with van der Waals surface area (Å²) in [7, 11) is 0. The zero-order chi connectivity index (χ0) is 13.2. The first-order chi connectivity index (χ1) is 8.68. The van der Waals surface area contributed by atoms with E-state index in [0.29, 0.717) is 18.9 Å². The van der Waals surface area contributed by atoms with Gasteiger partial charge in [-0.15, -0.1) is 0 Å². The first kappa shape index (κ1) is 15.3. The van der Waals surface area contributed by atoms with Gasteiger partial charge in [0.15, 0.2) is 0 Å². The minimum atomic E-state index is -0.0104. The van der Waals surface area contributed by atoms with Crippen LogP contribution in [0.15, 0.2) is 11.6 Å². The second-order valence-corrected chi connectivity index (χ2v) is 5.66. The molecule has 0 aromatic rings. The van der Waals surface area contributed by atoms with Gasteiger partial charge >= 0.3 is 5.97 Å². The Balaban J connectivity index is 2.37. The molecule has 0 aromatic carbocycles. The zero-order valence-electron chi connectivity index (χ0n) is 12.0. The normalized spacial score (nSPS) is 28.4. The summed E-state index contributed by atoms with van der Waals surface area (Å²) in [6, 6.07) is 0. The molecule has 1 aliphatic rings. The third-order valence-corrected chi connectivity index (χ3v) is 3.72. The summed E-state index contributed by atoms with van der Waals surface area (Å²) in [5, 5.41) is 0. The standard InChI is InChI=1S/C16H28O2/c1-14-8-5-3-4-6-11-16(17)18-13-12-15(2)10-7-9-14/h8,15H,3-7,9-13H2,1-2H3/b14-8+.